The standard InChI is InChI=1S/C15H16BClO2/c1-11-3-6-14(9-15(11)17)16(18)13-7-4-12(5-8-13)10-19-2/h3-9,18H,10H2,1-2H3. The zero-order valence-electron chi connectivity index (χ0n) is 11.1. The molecule has 0 aliphatic carbocycles. The van der Waals surface area contributed by atoms with Gasteiger partial charge in [-0.05, 0) is 35.0 Å². The molecule has 0 radical (unpaired) electrons. The van der Waals surface area contributed by atoms with Gasteiger partial charge in [0.1, 0.15) is 0 Å². The first-order valence-corrected chi connectivity index (χ1v) is 6.51. The first-order valence-electron chi connectivity index (χ1n) is 6.13. The molecule has 98 valence electrons. The number of ether oxygens (including phenoxy) is 1. The number of hydrogen-bond acceptors (Lipinski definition) is 2. The van der Waals surface area contributed by atoms with Gasteiger partial charge in [-0.1, -0.05) is 48.0 Å². The van der Waals surface area contributed by atoms with Crippen molar-refractivity contribution in [3.05, 3.63) is 58.6 Å². The average molecular weight is 275 g/mol. The minimum atomic E-state index is -0.658. The van der Waals surface area contributed by atoms with Gasteiger partial charge in [0.15, 0.2) is 0 Å². The molecule has 19 heavy (non-hydrogen) atoms. The van der Waals surface area contributed by atoms with Crippen LogP contribution in [0.25, 0.3) is 0 Å². The number of aryl methyl sites for hydroxylation is 1. The fourth-order valence-electron chi connectivity index (χ4n) is 1.93. The molecule has 0 spiro atoms. The van der Waals surface area contributed by atoms with Crippen molar-refractivity contribution in [3.63, 3.8) is 0 Å². The second kappa shape index (κ2) is 6.24. The molecule has 0 aliphatic heterocycles. The molecule has 2 aromatic carbocycles. The average Bonchev–Trinajstić information content (AvgIpc) is 2.42. The molecule has 0 unspecified atom stereocenters. The zero-order chi connectivity index (χ0) is 13.8. The Morgan fingerprint density at radius 1 is 1.11 bits per heavy atom. The fraction of sp³-hybridized carbons (Fsp3) is 0.200. The number of methoxy groups -OCH3 is 1. The van der Waals surface area contributed by atoms with Gasteiger partial charge in [0.25, 0.3) is 0 Å². The highest BCUT2D eigenvalue weighted by atomic mass is 35.5. The van der Waals surface area contributed by atoms with E-state index in [2.05, 4.69) is 0 Å². The quantitative estimate of drug-likeness (QED) is 0.863. The summed E-state index contributed by atoms with van der Waals surface area (Å²) in [5.41, 5.74) is 3.74. The summed E-state index contributed by atoms with van der Waals surface area (Å²) in [6.07, 6.45) is 0. The zero-order valence-corrected chi connectivity index (χ0v) is 11.8. The molecule has 2 nitrogen and oxygen atoms in total. The van der Waals surface area contributed by atoms with Crippen LogP contribution in [0.2, 0.25) is 5.02 Å². The highest BCUT2D eigenvalue weighted by Gasteiger charge is 2.17. The van der Waals surface area contributed by atoms with E-state index in [1.54, 1.807) is 7.11 Å². The maximum Gasteiger partial charge on any atom is 0.359 e. The summed E-state index contributed by atoms with van der Waals surface area (Å²) in [6, 6.07) is 13.4. The highest BCUT2D eigenvalue weighted by Crippen LogP contribution is 2.12. The molecule has 0 atom stereocenters. The first kappa shape index (κ1) is 14.1. The third-order valence-corrected chi connectivity index (χ3v) is 3.53. The van der Waals surface area contributed by atoms with Gasteiger partial charge in [0.2, 0.25) is 0 Å². The summed E-state index contributed by atoms with van der Waals surface area (Å²) in [6.45, 7) is 1.86. The molecule has 2 rings (SSSR count). The Morgan fingerprint density at radius 2 is 1.74 bits per heavy atom. The van der Waals surface area contributed by atoms with E-state index in [0.717, 1.165) is 22.1 Å². The Kier molecular flexibility index (Phi) is 4.64. The van der Waals surface area contributed by atoms with Crippen molar-refractivity contribution >= 4 is 29.4 Å². The van der Waals surface area contributed by atoms with Crippen LogP contribution in [0.3, 0.4) is 0 Å². The Bertz CT molecular complexity index is 555. The van der Waals surface area contributed by atoms with E-state index in [1.807, 2.05) is 49.4 Å². The molecule has 1 N–H and O–H groups in total. The number of hydrogen-bond donors (Lipinski definition) is 1. The summed E-state index contributed by atoms with van der Waals surface area (Å²) in [5, 5.41) is 11.0. The Hall–Kier alpha value is -1.29. The maximum absolute atomic E-state index is 10.3. The molecule has 0 fully saturated rings. The smallest absolute Gasteiger partial charge is 0.359 e. The second-order valence-corrected chi connectivity index (χ2v) is 4.99. The van der Waals surface area contributed by atoms with E-state index in [-0.39, 0.29) is 0 Å². The van der Waals surface area contributed by atoms with Crippen LogP contribution in [0, 0.1) is 6.92 Å². The van der Waals surface area contributed by atoms with Gasteiger partial charge in [0, 0.05) is 12.1 Å². The lowest BCUT2D eigenvalue weighted by atomic mass is 9.56. The monoisotopic (exact) mass is 274 g/mol. The lowest BCUT2D eigenvalue weighted by molar-refractivity contribution is 0.185. The van der Waals surface area contributed by atoms with Gasteiger partial charge in [-0.25, -0.2) is 0 Å². The Labute approximate surface area is 119 Å². The van der Waals surface area contributed by atoms with E-state index in [0.29, 0.717) is 11.6 Å². The topological polar surface area (TPSA) is 29.5 Å². The molecule has 2 aromatic rings. The maximum atomic E-state index is 10.3. The van der Waals surface area contributed by atoms with E-state index in [9.17, 15) is 5.02 Å². The molecule has 0 saturated carbocycles. The molecular formula is C15H16BClO2. The number of benzene rings is 2. The predicted molar refractivity (Wildman–Crippen MR) is 80.6 cm³/mol. The number of halogens is 1. The van der Waals surface area contributed by atoms with Crippen molar-refractivity contribution in [2.24, 2.45) is 0 Å². The summed E-state index contributed by atoms with van der Waals surface area (Å²) in [4.78, 5) is 0. The van der Waals surface area contributed by atoms with Crippen LogP contribution in [0.4, 0.5) is 0 Å². The minimum Gasteiger partial charge on any atom is -0.443 e. The van der Waals surface area contributed by atoms with Crippen LogP contribution in [0.1, 0.15) is 11.1 Å². The predicted octanol–water partition coefficient (Wildman–Crippen LogP) is 1.89. The van der Waals surface area contributed by atoms with Gasteiger partial charge in [0.05, 0.1) is 6.61 Å². The van der Waals surface area contributed by atoms with Crippen molar-refractivity contribution in [1.29, 1.82) is 0 Å². The third-order valence-electron chi connectivity index (χ3n) is 3.12. The van der Waals surface area contributed by atoms with Gasteiger partial charge < -0.3 is 9.76 Å². The van der Waals surface area contributed by atoms with E-state index in [4.69, 9.17) is 16.3 Å². The molecule has 0 heterocycles. The largest absolute Gasteiger partial charge is 0.443 e. The van der Waals surface area contributed by atoms with Gasteiger partial charge in [-0.3, -0.25) is 0 Å². The molecule has 0 amide bonds. The van der Waals surface area contributed by atoms with Gasteiger partial charge >= 0.3 is 6.92 Å². The first-order chi connectivity index (χ1) is 9.11. The van der Waals surface area contributed by atoms with Crippen molar-refractivity contribution in [2.75, 3.05) is 7.11 Å². The van der Waals surface area contributed by atoms with Crippen LogP contribution >= 0.6 is 11.6 Å². The molecule has 0 bridgehead atoms. The summed E-state index contributed by atoms with van der Waals surface area (Å²) >= 11 is 6.08. The van der Waals surface area contributed by atoms with E-state index >= 15 is 0 Å². The molecule has 4 heteroatoms. The number of rotatable bonds is 4. The van der Waals surface area contributed by atoms with Crippen LogP contribution in [0.5, 0.6) is 0 Å². The van der Waals surface area contributed by atoms with Crippen LogP contribution in [-0.2, 0) is 11.3 Å². The highest BCUT2D eigenvalue weighted by molar-refractivity contribution is 6.79. The van der Waals surface area contributed by atoms with Crippen molar-refractivity contribution in [2.45, 2.75) is 13.5 Å². The summed E-state index contributed by atoms with van der Waals surface area (Å²) in [5.74, 6) is 0. The lowest BCUT2D eigenvalue weighted by Crippen LogP contribution is -2.42. The molecule has 0 saturated heterocycles. The normalized spacial score (nSPS) is 10.5. The Balaban J connectivity index is 2.22. The van der Waals surface area contributed by atoms with Gasteiger partial charge in [-0.15, -0.1) is 0 Å². The summed E-state index contributed by atoms with van der Waals surface area (Å²) < 4.78 is 5.06. The third kappa shape index (κ3) is 3.38. The Morgan fingerprint density at radius 3 is 2.32 bits per heavy atom. The van der Waals surface area contributed by atoms with Crippen LogP contribution in [0.15, 0.2) is 42.5 Å². The van der Waals surface area contributed by atoms with Crippen LogP contribution in [-0.4, -0.2) is 19.0 Å². The van der Waals surface area contributed by atoms with Crippen LogP contribution < -0.4 is 10.9 Å². The fourth-order valence-corrected chi connectivity index (χ4v) is 2.12. The van der Waals surface area contributed by atoms with Crippen molar-refractivity contribution in [3.8, 4) is 0 Å². The SMILES string of the molecule is COCc1ccc(B(O)c2ccc(C)c(Cl)c2)cc1. The summed E-state index contributed by atoms with van der Waals surface area (Å²) in [7, 11) is 1.66. The second-order valence-electron chi connectivity index (χ2n) is 4.59. The van der Waals surface area contributed by atoms with E-state index < -0.39 is 6.92 Å². The molecule has 0 aromatic heterocycles. The molecular weight excluding hydrogens is 258 g/mol. The molecule has 0 aliphatic rings. The van der Waals surface area contributed by atoms with E-state index in [1.165, 1.54) is 0 Å². The van der Waals surface area contributed by atoms with Gasteiger partial charge in [-0.2, -0.15) is 0 Å². The lowest BCUT2D eigenvalue weighted by Gasteiger charge is -2.09. The van der Waals surface area contributed by atoms with Crippen molar-refractivity contribution in [1.82, 2.24) is 0 Å². The minimum absolute atomic E-state index is 0.576. The van der Waals surface area contributed by atoms with Crippen molar-refractivity contribution < 1.29 is 9.76 Å².